The molecule has 1 aliphatic carbocycles. The Hall–Kier alpha value is -1.10. The Morgan fingerprint density at radius 1 is 1.28 bits per heavy atom. The van der Waals surface area contributed by atoms with Crippen molar-refractivity contribution in [2.75, 3.05) is 25.0 Å². The number of ether oxygens (including phenoxy) is 1. The Balaban J connectivity index is 0.00000225. The molecule has 1 unspecified atom stereocenters. The lowest BCUT2D eigenvalue weighted by atomic mass is 9.84. The third kappa shape index (κ3) is 6.96. The van der Waals surface area contributed by atoms with Crippen molar-refractivity contribution >= 4 is 24.0 Å². The summed E-state index contributed by atoms with van der Waals surface area (Å²) in [6, 6.07) is 8.03. The number of carbonyl (C=O) groups is 1. The second-order valence-electron chi connectivity index (χ2n) is 7.48. The van der Waals surface area contributed by atoms with Gasteiger partial charge < -0.3 is 15.4 Å². The van der Waals surface area contributed by atoms with E-state index in [4.69, 9.17) is 4.74 Å². The van der Waals surface area contributed by atoms with Crippen molar-refractivity contribution in [3.63, 3.8) is 0 Å². The number of piperidine rings is 1. The van der Waals surface area contributed by atoms with E-state index in [1.807, 2.05) is 18.2 Å². The molecule has 1 saturated heterocycles. The molecule has 1 heterocycles. The van der Waals surface area contributed by atoms with Crippen molar-refractivity contribution in [1.29, 1.82) is 0 Å². The largest absolute Gasteiger partial charge is 0.376 e. The van der Waals surface area contributed by atoms with Crippen LogP contribution in [0.5, 0.6) is 0 Å². The fourth-order valence-electron chi connectivity index (χ4n) is 3.45. The molecule has 3 rings (SSSR count). The molecule has 0 bridgehead atoms. The van der Waals surface area contributed by atoms with Gasteiger partial charge in [-0.25, -0.2) is 0 Å². The lowest BCUT2D eigenvalue weighted by Crippen LogP contribution is -2.32. The quantitative estimate of drug-likeness (QED) is 0.731. The molecule has 0 radical (unpaired) electrons. The minimum absolute atomic E-state index is 0. The highest BCUT2D eigenvalue weighted by molar-refractivity contribution is 5.90. The van der Waals surface area contributed by atoms with Crippen LogP contribution in [0.15, 0.2) is 24.3 Å². The van der Waals surface area contributed by atoms with Gasteiger partial charge in [-0.15, -0.1) is 12.4 Å². The third-order valence-electron chi connectivity index (χ3n) is 5.23. The maximum Gasteiger partial charge on any atom is 0.224 e. The van der Waals surface area contributed by atoms with Gasteiger partial charge in [0.05, 0.1) is 6.61 Å². The molecule has 25 heavy (non-hydrogen) atoms. The number of anilines is 1. The Kier molecular flexibility index (Phi) is 8.20. The standard InChI is InChI=1S/C20H30N2O2.ClH/c1-15(18-7-9-21-10-8-18)11-20(23)22-19-4-2-3-17(12-19)14-24-13-16-5-6-16;/h2-4,12,15-16,18,21H,5-11,13-14H2,1H3,(H,22,23);1H. The summed E-state index contributed by atoms with van der Waals surface area (Å²) < 4.78 is 5.73. The van der Waals surface area contributed by atoms with Gasteiger partial charge in [-0.3, -0.25) is 4.79 Å². The molecule has 2 N–H and O–H groups in total. The predicted octanol–water partition coefficient (Wildman–Crippen LogP) is 4.00. The van der Waals surface area contributed by atoms with Crippen molar-refractivity contribution in [1.82, 2.24) is 5.32 Å². The highest BCUT2D eigenvalue weighted by Crippen LogP contribution is 2.29. The maximum absolute atomic E-state index is 12.3. The monoisotopic (exact) mass is 366 g/mol. The number of amides is 1. The first-order chi connectivity index (χ1) is 11.7. The topological polar surface area (TPSA) is 50.4 Å². The highest BCUT2D eigenvalue weighted by atomic mass is 35.5. The first-order valence-electron chi connectivity index (χ1n) is 9.38. The fraction of sp³-hybridized carbons (Fsp3) is 0.650. The molecule has 1 aliphatic heterocycles. The fourth-order valence-corrected chi connectivity index (χ4v) is 3.45. The van der Waals surface area contributed by atoms with Crippen LogP contribution in [-0.2, 0) is 16.1 Å². The molecular weight excluding hydrogens is 336 g/mol. The van der Waals surface area contributed by atoms with Crippen LogP contribution in [0.25, 0.3) is 0 Å². The SMILES string of the molecule is CC(CC(=O)Nc1cccc(COCC2CC2)c1)C1CCNCC1.Cl. The molecule has 1 atom stereocenters. The second kappa shape index (κ2) is 10.1. The van der Waals surface area contributed by atoms with Crippen LogP contribution in [0.4, 0.5) is 5.69 Å². The number of hydrogen-bond donors (Lipinski definition) is 2. The second-order valence-corrected chi connectivity index (χ2v) is 7.48. The number of benzene rings is 1. The van der Waals surface area contributed by atoms with Gasteiger partial charge in [0.2, 0.25) is 5.91 Å². The summed E-state index contributed by atoms with van der Waals surface area (Å²) in [5, 5.41) is 6.44. The van der Waals surface area contributed by atoms with E-state index in [9.17, 15) is 4.79 Å². The molecular formula is C20H31ClN2O2. The molecule has 1 saturated carbocycles. The molecule has 1 aromatic carbocycles. The lowest BCUT2D eigenvalue weighted by Gasteiger charge is -2.27. The molecule has 140 valence electrons. The van der Waals surface area contributed by atoms with Crippen molar-refractivity contribution in [3.05, 3.63) is 29.8 Å². The van der Waals surface area contributed by atoms with Crippen molar-refractivity contribution in [2.24, 2.45) is 17.8 Å². The van der Waals surface area contributed by atoms with E-state index in [0.29, 0.717) is 24.9 Å². The molecule has 0 aromatic heterocycles. The summed E-state index contributed by atoms with van der Waals surface area (Å²) in [6.45, 7) is 5.87. The average molecular weight is 367 g/mol. The molecule has 5 heteroatoms. The van der Waals surface area contributed by atoms with Crippen LogP contribution in [0.3, 0.4) is 0 Å². The summed E-state index contributed by atoms with van der Waals surface area (Å²) in [5.41, 5.74) is 2.00. The molecule has 0 spiro atoms. The van der Waals surface area contributed by atoms with E-state index in [1.165, 1.54) is 25.7 Å². The number of nitrogens with one attached hydrogen (secondary N) is 2. The third-order valence-corrected chi connectivity index (χ3v) is 5.23. The van der Waals surface area contributed by atoms with E-state index >= 15 is 0 Å². The number of carbonyl (C=O) groups excluding carboxylic acids is 1. The lowest BCUT2D eigenvalue weighted by molar-refractivity contribution is -0.117. The van der Waals surface area contributed by atoms with Crippen LogP contribution in [-0.4, -0.2) is 25.6 Å². The Morgan fingerprint density at radius 2 is 2.04 bits per heavy atom. The van der Waals surface area contributed by atoms with E-state index < -0.39 is 0 Å². The van der Waals surface area contributed by atoms with Gasteiger partial charge in [0.25, 0.3) is 0 Å². The number of halogens is 1. The van der Waals surface area contributed by atoms with Crippen LogP contribution in [0.1, 0.15) is 44.6 Å². The highest BCUT2D eigenvalue weighted by Gasteiger charge is 2.22. The Bertz CT molecular complexity index is 542. The van der Waals surface area contributed by atoms with Gasteiger partial charge in [-0.05, 0) is 74.2 Å². The zero-order valence-electron chi connectivity index (χ0n) is 15.1. The number of rotatable bonds is 8. The van der Waals surface area contributed by atoms with Gasteiger partial charge in [0, 0.05) is 18.7 Å². The minimum Gasteiger partial charge on any atom is -0.376 e. The van der Waals surface area contributed by atoms with Crippen LogP contribution in [0, 0.1) is 17.8 Å². The summed E-state index contributed by atoms with van der Waals surface area (Å²) in [4.78, 5) is 12.3. The predicted molar refractivity (Wildman–Crippen MR) is 104 cm³/mol. The van der Waals surface area contributed by atoms with Crippen molar-refractivity contribution < 1.29 is 9.53 Å². The van der Waals surface area contributed by atoms with Gasteiger partial charge in [-0.1, -0.05) is 19.1 Å². The average Bonchev–Trinajstić information content (AvgIpc) is 3.40. The molecule has 1 aromatic rings. The minimum atomic E-state index is 0. The van der Waals surface area contributed by atoms with E-state index in [1.54, 1.807) is 0 Å². The molecule has 2 aliphatic rings. The smallest absolute Gasteiger partial charge is 0.224 e. The zero-order valence-corrected chi connectivity index (χ0v) is 15.9. The van der Waals surface area contributed by atoms with E-state index in [-0.39, 0.29) is 18.3 Å². The maximum atomic E-state index is 12.3. The first-order valence-corrected chi connectivity index (χ1v) is 9.38. The summed E-state index contributed by atoms with van der Waals surface area (Å²) in [5.74, 6) is 2.01. The van der Waals surface area contributed by atoms with E-state index in [0.717, 1.165) is 36.9 Å². The van der Waals surface area contributed by atoms with Crippen molar-refractivity contribution in [2.45, 2.75) is 45.6 Å². The van der Waals surface area contributed by atoms with E-state index in [2.05, 4.69) is 23.6 Å². The Labute approximate surface area is 157 Å². The van der Waals surface area contributed by atoms with Gasteiger partial charge in [0.1, 0.15) is 0 Å². The molecule has 4 nitrogen and oxygen atoms in total. The summed E-state index contributed by atoms with van der Waals surface area (Å²) in [7, 11) is 0. The Morgan fingerprint density at radius 3 is 2.76 bits per heavy atom. The molecule has 1 amide bonds. The summed E-state index contributed by atoms with van der Waals surface area (Å²) >= 11 is 0. The summed E-state index contributed by atoms with van der Waals surface area (Å²) in [6.07, 6.45) is 5.59. The van der Waals surface area contributed by atoms with Crippen LogP contribution in [0.2, 0.25) is 0 Å². The van der Waals surface area contributed by atoms with Gasteiger partial charge >= 0.3 is 0 Å². The number of hydrogen-bond acceptors (Lipinski definition) is 3. The van der Waals surface area contributed by atoms with Gasteiger partial charge in [-0.2, -0.15) is 0 Å². The van der Waals surface area contributed by atoms with Gasteiger partial charge in [0.15, 0.2) is 0 Å². The van der Waals surface area contributed by atoms with Crippen molar-refractivity contribution in [3.8, 4) is 0 Å². The molecule has 2 fully saturated rings. The first kappa shape index (κ1) is 20.2. The van der Waals surface area contributed by atoms with Crippen LogP contribution >= 0.6 is 12.4 Å². The van der Waals surface area contributed by atoms with Crippen LogP contribution < -0.4 is 10.6 Å². The zero-order chi connectivity index (χ0) is 16.8. The normalized spacial score (nSPS) is 19.1.